The second-order valence-electron chi connectivity index (χ2n) is 7.68. The number of aromatic nitrogens is 1. The minimum Gasteiger partial charge on any atom is -0.496 e. The van der Waals surface area contributed by atoms with E-state index in [1.165, 1.54) is 0 Å². The maximum Gasteiger partial charge on any atom is 0.260 e. The van der Waals surface area contributed by atoms with Gasteiger partial charge in [-0.25, -0.2) is 4.98 Å². The van der Waals surface area contributed by atoms with Gasteiger partial charge in [0.05, 0.1) is 13.2 Å². The molecule has 1 aliphatic heterocycles. The van der Waals surface area contributed by atoms with Gasteiger partial charge in [0.25, 0.3) is 5.91 Å². The lowest BCUT2D eigenvalue weighted by molar-refractivity contribution is 0.0965. The summed E-state index contributed by atoms with van der Waals surface area (Å²) in [6.45, 7) is 4.42. The summed E-state index contributed by atoms with van der Waals surface area (Å²) < 4.78 is 6.80. The summed E-state index contributed by atoms with van der Waals surface area (Å²) in [4.78, 5) is 22.7. The Morgan fingerprint density at radius 1 is 1.09 bits per heavy atom. The minimum atomic E-state index is -0.258. The molecule has 1 unspecified atom stereocenters. The predicted octanol–water partition coefficient (Wildman–Crippen LogP) is 3.99. The number of anilines is 1. The molecule has 1 aliphatic rings. The molecule has 4 rings (SSSR count). The maximum atomic E-state index is 13.9. The first-order valence-corrected chi connectivity index (χ1v) is 11.8. The van der Waals surface area contributed by atoms with Gasteiger partial charge >= 0.3 is 0 Å². The van der Waals surface area contributed by atoms with E-state index in [1.807, 2.05) is 71.6 Å². The summed E-state index contributed by atoms with van der Waals surface area (Å²) >= 11 is 2.25. The first-order chi connectivity index (χ1) is 15.7. The molecule has 1 fully saturated rings. The van der Waals surface area contributed by atoms with Gasteiger partial charge in [0.15, 0.2) is 0 Å². The van der Waals surface area contributed by atoms with Gasteiger partial charge in [-0.1, -0.05) is 24.3 Å². The highest BCUT2D eigenvalue weighted by Gasteiger charge is 2.32. The van der Waals surface area contributed by atoms with Gasteiger partial charge in [-0.05, 0) is 65.1 Å². The lowest BCUT2D eigenvalue weighted by Gasteiger charge is -2.37. The molecule has 1 saturated heterocycles. The zero-order valence-corrected chi connectivity index (χ0v) is 20.2. The molecule has 0 bridgehead atoms. The zero-order chi connectivity index (χ0) is 22.3. The van der Waals surface area contributed by atoms with E-state index in [0.717, 1.165) is 41.1 Å². The second kappa shape index (κ2) is 10.9. The van der Waals surface area contributed by atoms with Crippen LogP contribution < -0.4 is 15.0 Å². The minimum absolute atomic E-state index is 0.0776. The number of hydrogen-bond acceptors (Lipinski definition) is 5. The van der Waals surface area contributed by atoms with Crippen molar-refractivity contribution in [3.63, 3.8) is 0 Å². The third-order valence-electron chi connectivity index (χ3n) is 5.66. The molecule has 7 heteroatoms. The molecule has 0 saturated carbocycles. The normalized spacial score (nSPS) is 15.2. The van der Waals surface area contributed by atoms with Crippen LogP contribution in [0, 0.1) is 3.57 Å². The number of para-hydroxylation sites is 1. The number of methoxy groups -OCH3 is 1. The first kappa shape index (κ1) is 22.7. The summed E-state index contributed by atoms with van der Waals surface area (Å²) in [5.74, 6) is 1.32. The van der Waals surface area contributed by atoms with E-state index in [1.54, 1.807) is 13.3 Å². The molecule has 0 aliphatic carbocycles. The van der Waals surface area contributed by atoms with Crippen LogP contribution in [-0.4, -0.2) is 55.6 Å². The third-order valence-corrected chi connectivity index (χ3v) is 6.38. The lowest BCUT2D eigenvalue weighted by atomic mass is 10.0. The fraction of sp³-hybridized carbons (Fsp3) is 0.280. The first-order valence-electron chi connectivity index (χ1n) is 10.7. The molecule has 32 heavy (non-hydrogen) atoms. The monoisotopic (exact) mass is 542 g/mol. The van der Waals surface area contributed by atoms with Crippen LogP contribution in [0.15, 0.2) is 72.9 Å². The van der Waals surface area contributed by atoms with Gasteiger partial charge < -0.3 is 10.1 Å². The van der Waals surface area contributed by atoms with Crippen molar-refractivity contribution in [2.75, 3.05) is 44.7 Å². The van der Waals surface area contributed by atoms with Gasteiger partial charge in [-0.2, -0.15) is 0 Å². The summed E-state index contributed by atoms with van der Waals surface area (Å²) in [5.41, 5.74) is 1.61. The molecule has 1 aromatic heterocycles. The van der Waals surface area contributed by atoms with Crippen LogP contribution in [0.5, 0.6) is 5.75 Å². The molecule has 0 spiro atoms. The largest absolute Gasteiger partial charge is 0.496 e. The van der Waals surface area contributed by atoms with Gasteiger partial charge in [0, 0.05) is 53.6 Å². The fourth-order valence-electron chi connectivity index (χ4n) is 4.03. The van der Waals surface area contributed by atoms with Crippen molar-refractivity contribution in [3.8, 4) is 5.75 Å². The highest BCUT2D eigenvalue weighted by molar-refractivity contribution is 14.1. The van der Waals surface area contributed by atoms with E-state index >= 15 is 0 Å². The Morgan fingerprint density at radius 2 is 1.81 bits per heavy atom. The maximum absolute atomic E-state index is 13.9. The molecule has 2 aromatic carbocycles. The highest BCUT2D eigenvalue weighted by atomic mass is 127. The standard InChI is InChI=1S/C25H27IN4O2/c1-32-23-7-3-2-6-21(23)22(18-29-16-14-27-15-17-29)30(24-8-4-5-13-28-24)25(31)19-9-11-20(26)12-10-19/h2-13,22,27H,14-18H2,1H3. The van der Waals surface area contributed by atoms with Gasteiger partial charge in [0.2, 0.25) is 0 Å². The van der Waals surface area contributed by atoms with Crippen molar-refractivity contribution in [3.05, 3.63) is 87.6 Å². The number of benzene rings is 2. The number of nitrogens with one attached hydrogen (secondary N) is 1. The number of ether oxygens (including phenoxy) is 1. The smallest absolute Gasteiger partial charge is 0.260 e. The average molecular weight is 542 g/mol. The molecule has 1 N–H and O–H groups in total. The Kier molecular flexibility index (Phi) is 7.72. The van der Waals surface area contributed by atoms with E-state index in [9.17, 15) is 4.79 Å². The molecule has 1 atom stereocenters. The molecular formula is C25H27IN4O2. The second-order valence-corrected chi connectivity index (χ2v) is 8.92. The van der Waals surface area contributed by atoms with Gasteiger partial charge in [-0.15, -0.1) is 0 Å². The predicted molar refractivity (Wildman–Crippen MR) is 135 cm³/mol. The number of carbonyl (C=O) groups is 1. The molecule has 1 amide bonds. The van der Waals surface area contributed by atoms with E-state index in [0.29, 0.717) is 17.9 Å². The fourth-order valence-corrected chi connectivity index (χ4v) is 4.39. The molecule has 3 aromatic rings. The number of amides is 1. The molecule has 166 valence electrons. The van der Waals surface area contributed by atoms with Crippen molar-refractivity contribution in [1.29, 1.82) is 0 Å². The Balaban J connectivity index is 1.81. The summed E-state index contributed by atoms with van der Waals surface area (Å²) in [7, 11) is 1.67. The van der Waals surface area contributed by atoms with Gasteiger partial charge in [-0.3, -0.25) is 14.6 Å². The summed E-state index contributed by atoms with van der Waals surface area (Å²) in [6.07, 6.45) is 1.73. The Labute approximate surface area is 202 Å². The number of rotatable bonds is 7. The van der Waals surface area contributed by atoms with Gasteiger partial charge in [0.1, 0.15) is 11.6 Å². The van der Waals surface area contributed by atoms with Crippen LogP contribution in [0.4, 0.5) is 5.82 Å². The Hall–Kier alpha value is -2.49. The SMILES string of the molecule is COc1ccccc1C(CN1CCNCC1)N(C(=O)c1ccc(I)cc1)c1ccccn1. The van der Waals surface area contributed by atoms with Crippen LogP contribution >= 0.6 is 22.6 Å². The van der Waals surface area contributed by atoms with Crippen molar-refractivity contribution in [2.24, 2.45) is 0 Å². The van der Waals surface area contributed by atoms with Crippen molar-refractivity contribution in [2.45, 2.75) is 6.04 Å². The quantitative estimate of drug-likeness (QED) is 0.458. The number of nitrogens with zero attached hydrogens (tertiary/aromatic N) is 3. The van der Waals surface area contributed by atoms with E-state index in [4.69, 9.17) is 4.74 Å². The number of piperazine rings is 1. The van der Waals surface area contributed by atoms with Crippen LogP contribution in [0.2, 0.25) is 0 Å². The average Bonchev–Trinajstić information content (AvgIpc) is 2.85. The molecule has 2 heterocycles. The van der Waals surface area contributed by atoms with Crippen molar-refractivity contribution < 1.29 is 9.53 Å². The van der Waals surface area contributed by atoms with Crippen LogP contribution in [-0.2, 0) is 0 Å². The molecule has 0 radical (unpaired) electrons. The molecular weight excluding hydrogens is 515 g/mol. The molecule has 6 nitrogen and oxygen atoms in total. The highest BCUT2D eigenvalue weighted by Crippen LogP contribution is 2.34. The summed E-state index contributed by atoms with van der Waals surface area (Å²) in [6, 6.07) is 21.0. The number of halogens is 1. The number of carbonyl (C=O) groups excluding carboxylic acids is 1. The number of pyridine rings is 1. The van der Waals surface area contributed by atoms with Crippen LogP contribution in [0.3, 0.4) is 0 Å². The van der Waals surface area contributed by atoms with E-state index in [2.05, 4.69) is 37.8 Å². The topological polar surface area (TPSA) is 57.7 Å². The van der Waals surface area contributed by atoms with E-state index < -0.39 is 0 Å². The van der Waals surface area contributed by atoms with Crippen LogP contribution in [0.1, 0.15) is 22.0 Å². The van der Waals surface area contributed by atoms with Crippen molar-refractivity contribution in [1.82, 2.24) is 15.2 Å². The third kappa shape index (κ3) is 5.28. The number of hydrogen-bond donors (Lipinski definition) is 1. The Morgan fingerprint density at radius 3 is 2.50 bits per heavy atom. The zero-order valence-electron chi connectivity index (χ0n) is 18.1. The van der Waals surface area contributed by atoms with E-state index in [-0.39, 0.29) is 11.9 Å². The van der Waals surface area contributed by atoms with Crippen LogP contribution in [0.25, 0.3) is 0 Å². The van der Waals surface area contributed by atoms with Crippen molar-refractivity contribution >= 4 is 34.3 Å². The summed E-state index contributed by atoms with van der Waals surface area (Å²) in [5, 5.41) is 3.41. The lowest BCUT2D eigenvalue weighted by Crippen LogP contribution is -2.48. The Bertz CT molecular complexity index is 1020.